The molecule has 9 nitrogen and oxygen atoms in total. The number of aromatic hydroxyl groups is 2. The van der Waals surface area contributed by atoms with Crippen LogP contribution in [0.3, 0.4) is 0 Å². The van der Waals surface area contributed by atoms with E-state index in [1.807, 2.05) is 20.8 Å². The fourth-order valence-corrected chi connectivity index (χ4v) is 5.08. The summed E-state index contributed by atoms with van der Waals surface area (Å²) in [5, 5.41) is 33.9. The molecule has 0 aromatic heterocycles. The minimum absolute atomic E-state index is 0.0886. The third-order valence-electron chi connectivity index (χ3n) is 5.60. The second kappa shape index (κ2) is 10.3. The smallest absolute Gasteiger partial charge is 0.271 e. The number of thioether (sulfide) groups is 1. The lowest BCUT2D eigenvalue weighted by Crippen LogP contribution is -2.64. The molecular formula is C25H31N3O6S. The number of phenolic OH excluding ortho intramolecular Hbond substituents is 2. The van der Waals surface area contributed by atoms with Gasteiger partial charge >= 0.3 is 0 Å². The zero-order valence-electron chi connectivity index (χ0n) is 19.9. The number of amides is 2. The summed E-state index contributed by atoms with van der Waals surface area (Å²) in [6.45, 7) is 5.45. The zero-order valence-corrected chi connectivity index (χ0v) is 20.7. The van der Waals surface area contributed by atoms with Crippen LogP contribution in [0.2, 0.25) is 0 Å². The molecule has 3 rings (SSSR count). The Morgan fingerprint density at radius 3 is 2.29 bits per heavy atom. The molecule has 0 radical (unpaired) electrons. The Labute approximate surface area is 208 Å². The van der Waals surface area contributed by atoms with Crippen LogP contribution in [-0.4, -0.2) is 66.8 Å². The molecule has 0 unspecified atom stereocenters. The zero-order chi connectivity index (χ0) is 26.0. The summed E-state index contributed by atoms with van der Waals surface area (Å²) in [5.41, 5.74) is 3.55. The van der Waals surface area contributed by atoms with Crippen LogP contribution in [0.15, 0.2) is 48.5 Å². The molecule has 1 aliphatic rings. The van der Waals surface area contributed by atoms with Crippen molar-refractivity contribution < 1.29 is 29.7 Å². The van der Waals surface area contributed by atoms with Crippen LogP contribution in [-0.2, 0) is 16.0 Å². The Balaban J connectivity index is 1.96. The van der Waals surface area contributed by atoms with E-state index in [4.69, 9.17) is 5.73 Å². The molecule has 0 bridgehead atoms. The highest BCUT2D eigenvalue weighted by molar-refractivity contribution is 7.99. The topological polar surface area (TPSA) is 153 Å². The second-order valence-corrected chi connectivity index (χ2v) is 10.7. The van der Waals surface area contributed by atoms with E-state index < -0.39 is 34.9 Å². The molecule has 1 saturated heterocycles. The average Bonchev–Trinajstić information content (AvgIpc) is 3.25. The minimum Gasteiger partial charge on any atom is -0.508 e. The Hall–Kier alpha value is -3.08. The molecule has 0 saturated carbocycles. The maximum absolute atomic E-state index is 13.6. The molecule has 10 heteroatoms. The van der Waals surface area contributed by atoms with Crippen LogP contribution in [0, 0.1) is 5.92 Å². The molecule has 35 heavy (non-hydrogen) atoms. The number of nitrogens with zero attached hydrogens (tertiary/aromatic N) is 1. The van der Waals surface area contributed by atoms with Crippen molar-refractivity contribution in [3.05, 3.63) is 59.7 Å². The minimum atomic E-state index is -2.67. The molecule has 2 amide bonds. The van der Waals surface area contributed by atoms with Gasteiger partial charge in [-0.2, -0.15) is 0 Å². The summed E-state index contributed by atoms with van der Waals surface area (Å²) in [5.74, 6) is -3.79. The van der Waals surface area contributed by atoms with E-state index in [9.17, 15) is 29.7 Å². The van der Waals surface area contributed by atoms with Gasteiger partial charge in [-0.15, -0.1) is 11.8 Å². The number of hydrogen-bond acceptors (Lipinski definition) is 8. The fraction of sp³-hybridized carbons (Fsp3) is 0.400. The SMILES string of the molecule is CC(C)(C)NC(=O)[C@@H]1CSCN1C(=O)[C@@](N)(O)[C@H](Cc1ccccc1)C(=O)c1cc(O)cc(O)c1. The molecule has 0 aliphatic carbocycles. The Kier molecular flexibility index (Phi) is 7.78. The van der Waals surface area contributed by atoms with Crippen molar-refractivity contribution >= 4 is 29.4 Å². The van der Waals surface area contributed by atoms with E-state index in [0.717, 1.165) is 18.2 Å². The molecule has 1 fully saturated rings. The Morgan fingerprint density at radius 2 is 1.71 bits per heavy atom. The molecular weight excluding hydrogens is 470 g/mol. The van der Waals surface area contributed by atoms with Gasteiger partial charge in [-0.25, -0.2) is 0 Å². The predicted molar refractivity (Wildman–Crippen MR) is 133 cm³/mol. The van der Waals surface area contributed by atoms with Gasteiger partial charge in [0, 0.05) is 22.9 Å². The molecule has 188 valence electrons. The van der Waals surface area contributed by atoms with Gasteiger partial charge in [0.05, 0.1) is 11.8 Å². The number of phenols is 2. The predicted octanol–water partition coefficient (Wildman–Crippen LogP) is 1.60. The average molecular weight is 502 g/mol. The van der Waals surface area contributed by atoms with Crippen molar-refractivity contribution in [2.45, 2.75) is 44.5 Å². The Morgan fingerprint density at radius 1 is 1.11 bits per heavy atom. The van der Waals surface area contributed by atoms with Gasteiger partial charge in [0.25, 0.3) is 5.91 Å². The van der Waals surface area contributed by atoms with Gasteiger partial charge in [-0.1, -0.05) is 30.3 Å². The van der Waals surface area contributed by atoms with E-state index in [0.29, 0.717) is 11.3 Å². The fourth-order valence-electron chi connectivity index (χ4n) is 3.93. The third-order valence-corrected chi connectivity index (χ3v) is 6.62. The molecule has 3 atom stereocenters. The number of carbonyl (C=O) groups excluding carboxylic acids is 3. The first-order chi connectivity index (χ1) is 16.3. The highest BCUT2D eigenvalue weighted by atomic mass is 32.2. The summed E-state index contributed by atoms with van der Waals surface area (Å²) in [4.78, 5) is 41.1. The van der Waals surface area contributed by atoms with Crippen LogP contribution in [0.5, 0.6) is 11.5 Å². The largest absolute Gasteiger partial charge is 0.508 e. The van der Waals surface area contributed by atoms with Crippen molar-refractivity contribution in [3.63, 3.8) is 0 Å². The van der Waals surface area contributed by atoms with Gasteiger partial charge in [-0.3, -0.25) is 20.1 Å². The normalized spacial score (nSPS) is 18.5. The molecule has 6 N–H and O–H groups in total. The van der Waals surface area contributed by atoms with Gasteiger partial charge in [-0.05, 0) is 44.9 Å². The van der Waals surface area contributed by atoms with Crippen LogP contribution >= 0.6 is 11.8 Å². The molecule has 0 spiro atoms. The number of hydrogen-bond donors (Lipinski definition) is 5. The van der Waals surface area contributed by atoms with Crippen molar-refractivity contribution in [2.75, 3.05) is 11.6 Å². The highest BCUT2D eigenvalue weighted by Gasteiger charge is 2.50. The quantitative estimate of drug-likeness (QED) is 0.283. The Bertz CT molecular complexity index is 1080. The number of benzene rings is 2. The molecule has 2 aromatic carbocycles. The highest BCUT2D eigenvalue weighted by Crippen LogP contribution is 2.31. The summed E-state index contributed by atoms with van der Waals surface area (Å²) in [7, 11) is 0. The van der Waals surface area contributed by atoms with E-state index in [1.165, 1.54) is 16.7 Å². The van der Waals surface area contributed by atoms with Crippen LogP contribution in [0.1, 0.15) is 36.7 Å². The lowest BCUT2D eigenvalue weighted by Gasteiger charge is -2.36. The van der Waals surface area contributed by atoms with E-state index in [2.05, 4.69) is 5.32 Å². The summed E-state index contributed by atoms with van der Waals surface area (Å²) >= 11 is 1.34. The molecule has 1 heterocycles. The first-order valence-corrected chi connectivity index (χ1v) is 12.3. The number of rotatable bonds is 7. The third kappa shape index (κ3) is 6.33. The molecule has 1 aliphatic heterocycles. The van der Waals surface area contributed by atoms with E-state index in [-0.39, 0.29) is 35.3 Å². The maximum Gasteiger partial charge on any atom is 0.271 e. The van der Waals surface area contributed by atoms with Gasteiger partial charge in [0.15, 0.2) is 5.78 Å². The number of Topliss-reactive ketones (excluding diaryl/α,β-unsaturated/α-hetero) is 1. The van der Waals surface area contributed by atoms with Crippen molar-refractivity contribution in [2.24, 2.45) is 11.7 Å². The number of nitrogens with two attached hydrogens (primary N) is 1. The van der Waals surface area contributed by atoms with Gasteiger partial charge in [0.2, 0.25) is 11.6 Å². The summed E-state index contributed by atoms with van der Waals surface area (Å²) in [6.07, 6.45) is -0.0886. The van der Waals surface area contributed by atoms with Crippen molar-refractivity contribution in [3.8, 4) is 11.5 Å². The number of nitrogens with one attached hydrogen (secondary N) is 1. The van der Waals surface area contributed by atoms with Gasteiger partial charge < -0.3 is 25.5 Å². The lowest BCUT2D eigenvalue weighted by molar-refractivity contribution is -0.158. The number of ketones is 1. The van der Waals surface area contributed by atoms with Gasteiger partial charge in [0.1, 0.15) is 17.5 Å². The van der Waals surface area contributed by atoms with Crippen LogP contribution < -0.4 is 11.1 Å². The summed E-state index contributed by atoms with van der Waals surface area (Å²) in [6, 6.07) is 11.2. The maximum atomic E-state index is 13.6. The lowest BCUT2D eigenvalue weighted by atomic mass is 9.82. The standard InChI is InChI=1S/C25H31N3O6S/c1-24(2,3)27-22(32)20-13-35-14-28(20)23(33)25(26,34)19(9-15-7-5-4-6-8-15)21(31)16-10-17(29)12-18(30)11-16/h4-8,10-12,19-20,29-30,34H,9,13-14,26H2,1-3H3,(H,27,32)/t19-,20+,25+/m1/s1. The second-order valence-electron chi connectivity index (χ2n) is 9.70. The molecule has 2 aromatic rings. The van der Waals surface area contributed by atoms with Crippen molar-refractivity contribution in [1.29, 1.82) is 0 Å². The first-order valence-electron chi connectivity index (χ1n) is 11.1. The summed E-state index contributed by atoms with van der Waals surface area (Å²) < 4.78 is 0. The number of carbonyl (C=O) groups is 3. The van der Waals surface area contributed by atoms with Crippen molar-refractivity contribution in [1.82, 2.24) is 10.2 Å². The number of aliphatic hydroxyl groups is 1. The van der Waals surface area contributed by atoms with E-state index >= 15 is 0 Å². The monoisotopic (exact) mass is 501 g/mol. The van der Waals surface area contributed by atoms with Crippen LogP contribution in [0.25, 0.3) is 0 Å². The van der Waals surface area contributed by atoms with Crippen LogP contribution in [0.4, 0.5) is 0 Å². The van der Waals surface area contributed by atoms with E-state index in [1.54, 1.807) is 30.3 Å². The first kappa shape index (κ1) is 26.5.